The summed E-state index contributed by atoms with van der Waals surface area (Å²) in [6.45, 7) is 9.21. The Labute approximate surface area is 171 Å². The van der Waals surface area contributed by atoms with Crippen LogP contribution in [0.5, 0.6) is 0 Å². The van der Waals surface area contributed by atoms with E-state index in [1.165, 1.54) is 44.9 Å². The Bertz CT molecular complexity index is 642. The summed E-state index contributed by atoms with van der Waals surface area (Å²) in [5.41, 5.74) is 0.550. The van der Waals surface area contributed by atoms with E-state index in [0.29, 0.717) is 24.2 Å². The van der Waals surface area contributed by atoms with Gasteiger partial charge in [0.2, 0.25) is 0 Å². The molecule has 7 atom stereocenters. The second-order valence-corrected chi connectivity index (χ2v) is 11.1. The molecule has 0 aromatic heterocycles. The highest BCUT2D eigenvalue weighted by atomic mass is 16.4. The molecule has 0 spiro atoms. The first kappa shape index (κ1) is 20.4. The molecule has 0 radical (unpaired) electrons. The Hall–Kier alpha value is -0.830. The highest BCUT2D eigenvalue weighted by Crippen LogP contribution is 2.69. The van der Waals surface area contributed by atoms with E-state index in [0.717, 1.165) is 42.6 Å². The molecule has 4 aliphatic rings. The molecular weight excluding hydrogens is 348 g/mol. The van der Waals surface area contributed by atoms with Crippen LogP contribution in [0, 0.1) is 34.5 Å². The van der Waals surface area contributed by atoms with Crippen LogP contribution in [0.2, 0.25) is 0 Å². The molecule has 2 N–H and O–H groups in total. The van der Waals surface area contributed by atoms with Crippen molar-refractivity contribution < 1.29 is 15.0 Å². The van der Waals surface area contributed by atoms with Gasteiger partial charge in [-0.25, -0.2) is 0 Å². The van der Waals surface area contributed by atoms with E-state index in [4.69, 9.17) is 5.11 Å². The van der Waals surface area contributed by atoms with Crippen LogP contribution in [0.4, 0.5) is 0 Å². The number of carbonyl (C=O) groups is 1. The maximum atomic E-state index is 11.8. The number of rotatable bonds is 5. The maximum absolute atomic E-state index is 11.8. The molecular formula is C25H40O3. The lowest BCUT2D eigenvalue weighted by molar-refractivity contribution is -0.141. The summed E-state index contributed by atoms with van der Waals surface area (Å²) in [4.78, 5) is 10.9. The Morgan fingerprint density at radius 2 is 1.71 bits per heavy atom. The molecule has 0 saturated heterocycles. The van der Waals surface area contributed by atoms with Gasteiger partial charge in [0.15, 0.2) is 0 Å². The van der Waals surface area contributed by atoms with Gasteiger partial charge in [0, 0.05) is 11.8 Å². The fraction of sp³-hybridized carbons (Fsp3) is 0.880. The van der Waals surface area contributed by atoms with E-state index in [-0.39, 0.29) is 11.8 Å². The largest absolute Gasteiger partial charge is 0.481 e. The molecule has 0 aromatic carbocycles. The number of carboxylic acids is 1. The van der Waals surface area contributed by atoms with Gasteiger partial charge in [-0.05, 0) is 98.9 Å². The summed E-state index contributed by atoms with van der Waals surface area (Å²) in [7, 11) is 0. The summed E-state index contributed by atoms with van der Waals surface area (Å²) in [6.07, 6.45) is 14.1. The predicted octanol–water partition coefficient (Wildman–Crippen LogP) is 5.96. The first-order valence-electron chi connectivity index (χ1n) is 11.8. The predicted molar refractivity (Wildman–Crippen MR) is 112 cm³/mol. The highest BCUT2D eigenvalue weighted by Gasteiger charge is 2.64. The van der Waals surface area contributed by atoms with Gasteiger partial charge in [-0.2, -0.15) is 0 Å². The molecule has 1 unspecified atom stereocenters. The van der Waals surface area contributed by atoms with Crippen LogP contribution >= 0.6 is 0 Å². The lowest BCUT2D eigenvalue weighted by Crippen LogP contribution is -2.56. The SMILES string of the molecule is C=C(CCCC(=O)O)[C@@]1(O)CC[C@H]2[C@@H]3CCC4CCCC[C@]4(C)[C@H]3CC[C@@]21C. The molecule has 0 aliphatic heterocycles. The fourth-order valence-corrected chi connectivity index (χ4v) is 8.55. The van der Waals surface area contributed by atoms with Crippen molar-refractivity contribution in [2.24, 2.45) is 34.5 Å². The van der Waals surface area contributed by atoms with Gasteiger partial charge >= 0.3 is 5.97 Å². The van der Waals surface area contributed by atoms with E-state index in [2.05, 4.69) is 20.4 Å². The second-order valence-electron chi connectivity index (χ2n) is 11.1. The molecule has 28 heavy (non-hydrogen) atoms. The normalized spacial score (nSPS) is 47.7. The average Bonchev–Trinajstić information content (AvgIpc) is 2.93. The molecule has 3 heteroatoms. The third-order valence-corrected chi connectivity index (χ3v) is 10.2. The number of hydrogen-bond acceptors (Lipinski definition) is 2. The number of hydrogen-bond donors (Lipinski definition) is 2. The zero-order chi connectivity index (χ0) is 20.2. The maximum Gasteiger partial charge on any atom is 0.303 e. The number of aliphatic hydroxyl groups is 1. The molecule has 0 amide bonds. The minimum absolute atomic E-state index is 0.0770. The summed E-state index contributed by atoms with van der Waals surface area (Å²) >= 11 is 0. The Kier molecular flexibility index (Phi) is 5.22. The van der Waals surface area contributed by atoms with Crippen LogP contribution in [0.1, 0.15) is 97.3 Å². The summed E-state index contributed by atoms with van der Waals surface area (Å²) in [5, 5.41) is 20.8. The standard InChI is InChI=1S/C25H40O3/c1-17(7-6-9-22(26)27)25(28)16-13-21-19-11-10-18-8-4-5-14-23(18,2)20(19)12-15-24(21,25)3/h18-21,28H,1,4-16H2,2-3H3,(H,26,27)/t18?,19-,20+,21+,23+,24+,25+/m1/s1. The molecule has 4 rings (SSSR count). The quantitative estimate of drug-likeness (QED) is 0.571. The lowest BCUT2D eigenvalue weighted by atomic mass is 9.44. The van der Waals surface area contributed by atoms with Crippen molar-refractivity contribution in [2.75, 3.05) is 0 Å². The van der Waals surface area contributed by atoms with Crippen LogP contribution in [-0.2, 0) is 4.79 Å². The number of fused-ring (bicyclic) bond motifs is 5. The Balaban J connectivity index is 1.53. The summed E-state index contributed by atoms with van der Waals surface area (Å²) in [5.74, 6) is 2.38. The van der Waals surface area contributed by atoms with Gasteiger partial charge in [-0.1, -0.05) is 33.3 Å². The molecule has 0 aromatic rings. The fourth-order valence-electron chi connectivity index (χ4n) is 8.55. The van der Waals surface area contributed by atoms with E-state index >= 15 is 0 Å². The van der Waals surface area contributed by atoms with Crippen LogP contribution in [0.15, 0.2) is 12.2 Å². The molecule has 4 aliphatic carbocycles. The average molecular weight is 389 g/mol. The van der Waals surface area contributed by atoms with E-state index in [1.54, 1.807) is 0 Å². The molecule has 0 bridgehead atoms. The lowest BCUT2D eigenvalue weighted by Gasteiger charge is -2.61. The minimum Gasteiger partial charge on any atom is -0.481 e. The van der Waals surface area contributed by atoms with Crippen LogP contribution in [0.3, 0.4) is 0 Å². The van der Waals surface area contributed by atoms with Crippen molar-refractivity contribution in [1.29, 1.82) is 0 Å². The van der Waals surface area contributed by atoms with E-state index in [1.807, 2.05) is 0 Å². The van der Waals surface area contributed by atoms with Gasteiger partial charge in [0.05, 0.1) is 5.60 Å². The molecule has 4 fully saturated rings. The molecule has 4 saturated carbocycles. The van der Waals surface area contributed by atoms with Crippen molar-refractivity contribution in [1.82, 2.24) is 0 Å². The molecule has 0 heterocycles. The number of carboxylic acid groups (broad SMARTS) is 1. The summed E-state index contributed by atoms with van der Waals surface area (Å²) < 4.78 is 0. The zero-order valence-electron chi connectivity index (χ0n) is 18.0. The van der Waals surface area contributed by atoms with Crippen molar-refractivity contribution >= 4 is 5.97 Å². The van der Waals surface area contributed by atoms with Crippen LogP contribution in [0.25, 0.3) is 0 Å². The second kappa shape index (κ2) is 7.15. The van der Waals surface area contributed by atoms with Gasteiger partial charge in [-0.15, -0.1) is 0 Å². The first-order valence-corrected chi connectivity index (χ1v) is 11.8. The van der Waals surface area contributed by atoms with E-state index in [9.17, 15) is 9.90 Å². The monoisotopic (exact) mass is 388 g/mol. The van der Waals surface area contributed by atoms with Crippen molar-refractivity contribution in [3.8, 4) is 0 Å². The first-order chi connectivity index (χ1) is 13.2. The molecule has 158 valence electrons. The van der Waals surface area contributed by atoms with E-state index < -0.39 is 11.6 Å². The van der Waals surface area contributed by atoms with Crippen molar-refractivity contribution in [3.63, 3.8) is 0 Å². The highest BCUT2D eigenvalue weighted by molar-refractivity contribution is 5.66. The van der Waals surface area contributed by atoms with Crippen molar-refractivity contribution in [2.45, 2.75) is 103 Å². The third-order valence-electron chi connectivity index (χ3n) is 10.2. The number of aliphatic carboxylic acids is 1. The summed E-state index contributed by atoms with van der Waals surface area (Å²) in [6, 6.07) is 0. The third kappa shape index (κ3) is 2.90. The Morgan fingerprint density at radius 1 is 0.964 bits per heavy atom. The van der Waals surface area contributed by atoms with Gasteiger partial charge in [0.1, 0.15) is 0 Å². The Morgan fingerprint density at radius 3 is 2.46 bits per heavy atom. The minimum atomic E-state index is -0.800. The van der Waals surface area contributed by atoms with Crippen molar-refractivity contribution in [3.05, 3.63) is 12.2 Å². The van der Waals surface area contributed by atoms with Gasteiger partial charge in [-0.3, -0.25) is 4.79 Å². The van der Waals surface area contributed by atoms with Gasteiger partial charge < -0.3 is 10.2 Å². The zero-order valence-corrected chi connectivity index (χ0v) is 18.0. The van der Waals surface area contributed by atoms with Gasteiger partial charge in [0.25, 0.3) is 0 Å². The smallest absolute Gasteiger partial charge is 0.303 e. The van der Waals surface area contributed by atoms with Crippen LogP contribution in [-0.4, -0.2) is 21.8 Å². The molecule has 3 nitrogen and oxygen atoms in total. The van der Waals surface area contributed by atoms with Crippen LogP contribution < -0.4 is 0 Å². The topological polar surface area (TPSA) is 57.5 Å².